The normalized spacial score (nSPS) is 16.3. The summed E-state index contributed by atoms with van der Waals surface area (Å²) < 4.78 is 0. The number of benzene rings is 2. The summed E-state index contributed by atoms with van der Waals surface area (Å²) in [6.45, 7) is 12.0. The Kier molecular flexibility index (Phi) is 3.88. The first-order chi connectivity index (χ1) is 11.9. The van der Waals surface area contributed by atoms with Crippen LogP contribution in [0, 0.1) is 5.41 Å². The molecular weight excluding hydrogens is 316 g/mol. The van der Waals surface area contributed by atoms with Crippen LogP contribution in [0.3, 0.4) is 0 Å². The first-order valence-corrected chi connectivity index (χ1v) is 11.8. The SMILES string of the molecule is C[Si](C)C1=C(c2cccc3c2Cc2ccccc2-3)C(C(C)(C)C)=CC1. The molecule has 0 atom stereocenters. The minimum Gasteiger partial charge on any atom is -0.0765 e. The van der Waals surface area contributed by atoms with Crippen LogP contribution in [-0.4, -0.2) is 8.80 Å². The molecule has 0 nitrogen and oxygen atoms in total. The summed E-state index contributed by atoms with van der Waals surface area (Å²) in [6, 6.07) is 15.9. The van der Waals surface area contributed by atoms with Crippen molar-refractivity contribution in [2.75, 3.05) is 0 Å². The Morgan fingerprint density at radius 1 is 0.840 bits per heavy atom. The van der Waals surface area contributed by atoms with Crippen LogP contribution in [0.1, 0.15) is 43.9 Å². The maximum absolute atomic E-state index is 2.50. The van der Waals surface area contributed by atoms with E-state index in [9.17, 15) is 0 Å². The average molecular weight is 344 g/mol. The lowest BCUT2D eigenvalue weighted by Gasteiger charge is -2.26. The lowest BCUT2D eigenvalue weighted by molar-refractivity contribution is 0.521. The minimum atomic E-state index is -0.456. The summed E-state index contributed by atoms with van der Waals surface area (Å²) in [6.07, 6.45) is 4.73. The highest BCUT2D eigenvalue weighted by Crippen LogP contribution is 2.48. The second-order valence-corrected chi connectivity index (χ2v) is 11.2. The van der Waals surface area contributed by atoms with Gasteiger partial charge >= 0.3 is 0 Å². The molecule has 0 fully saturated rings. The summed E-state index contributed by atoms with van der Waals surface area (Å²) >= 11 is 0. The van der Waals surface area contributed by atoms with Crippen LogP contribution >= 0.6 is 0 Å². The van der Waals surface area contributed by atoms with Crippen molar-refractivity contribution >= 4 is 14.4 Å². The molecule has 0 bridgehead atoms. The Bertz CT molecular complexity index is 904. The summed E-state index contributed by atoms with van der Waals surface area (Å²) in [7, 11) is -0.456. The van der Waals surface area contributed by atoms with Crippen molar-refractivity contribution in [1.29, 1.82) is 0 Å². The largest absolute Gasteiger partial charge is 0.0765 e. The fraction of sp³-hybridized carbons (Fsp3) is 0.333. The highest BCUT2D eigenvalue weighted by atomic mass is 28.3. The van der Waals surface area contributed by atoms with Crippen molar-refractivity contribution in [3.63, 3.8) is 0 Å². The third-order valence-electron chi connectivity index (χ3n) is 5.61. The number of fused-ring (bicyclic) bond motifs is 3. The average Bonchev–Trinajstić information content (AvgIpc) is 3.16. The molecule has 0 aromatic heterocycles. The molecule has 0 unspecified atom stereocenters. The predicted molar refractivity (Wildman–Crippen MR) is 111 cm³/mol. The first kappa shape index (κ1) is 16.6. The van der Waals surface area contributed by atoms with E-state index in [1.807, 2.05) is 0 Å². The topological polar surface area (TPSA) is 0 Å². The molecule has 2 aromatic rings. The van der Waals surface area contributed by atoms with Gasteiger partial charge in [0.2, 0.25) is 0 Å². The Labute approximate surface area is 153 Å². The number of hydrogen-bond acceptors (Lipinski definition) is 0. The van der Waals surface area contributed by atoms with Gasteiger partial charge in [-0.3, -0.25) is 0 Å². The molecular formula is C24H27Si. The minimum absolute atomic E-state index is 0.197. The Hall–Kier alpha value is -1.86. The molecule has 1 heteroatoms. The Balaban J connectivity index is 1.93. The van der Waals surface area contributed by atoms with Gasteiger partial charge in [0, 0.05) is 0 Å². The third-order valence-corrected chi connectivity index (χ3v) is 7.27. The quantitative estimate of drug-likeness (QED) is 0.455. The van der Waals surface area contributed by atoms with Crippen LogP contribution in [0.5, 0.6) is 0 Å². The van der Waals surface area contributed by atoms with Gasteiger partial charge in [-0.25, -0.2) is 0 Å². The highest BCUT2D eigenvalue weighted by Gasteiger charge is 2.32. The van der Waals surface area contributed by atoms with Gasteiger partial charge < -0.3 is 0 Å². The van der Waals surface area contributed by atoms with Crippen molar-refractivity contribution in [2.24, 2.45) is 5.41 Å². The van der Waals surface area contributed by atoms with E-state index in [1.165, 1.54) is 27.8 Å². The maximum atomic E-state index is 2.50. The number of hydrogen-bond donors (Lipinski definition) is 0. The van der Waals surface area contributed by atoms with Gasteiger partial charge in [0.15, 0.2) is 0 Å². The van der Waals surface area contributed by atoms with E-state index in [2.05, 4.69) is 82.4 Å². The summed E-state index contributed by atoms with van der Waals surface area (Å²) in [5.41, 5.74) is 10.7. The van der Waals surface area contributed by atoms with E-state index in [4.69, 9.17) is 0 Å². The fourth-order valence-electron chi connectivity index (χ4n) is 4.41. The molecule has 127 valence electrons. The van der Waals surface area contributed by atoms with E-state index in [1.54, 1.807) is 16.3 Å². The van der Waals surface area contributed by atoms with E-state index in [-0.39, 0.29) is 5.41 Å². The summed E-state index contributed by atoms with van der Waals surface area (Å²) in [5.74, 6) is 0. The highest BCUT2D eigenvalue weighted by molar-refractivity contribution is 6.65. The first-order valence-electron chi connectivity index (χ1n) is 9.33. The zero-order chi connectivity index (χ0) is 17.8. The monoisotopic (exact) mass is 343 g/mol. The van der Waals surface area contributed by atoms with Gasteiger partial charge in [0.1, 0.15) is 0 Å². The van der Waals surface area contributed by atoms with Gasteiger partial charge in [0.05, 0.1) is 8.80 Å². The molecule has 0 saturated carbocycles. The van der Waals surface area contributed by atoms with Crippen molar-refractivity contribution in [3.8, 4) is 11.1 Å². The lowest BCUT2D eigenvalue weighted by Crippen LogP contribution is -2.13. The second kappa shape index (κ2) is 5.84. The molecule has 0 aliphatic heterocycles. The molecule has 1 radical (unpaired) electrons. The van der Waals surface area contributed by atoms with Gasteiger partial charge in [-0.15, -0.1) is 0 Å². The Morgan fingerprint density at radius 2 is 1.52 bits per heavy atom. The van der Waals surface area contributed by atoms with Crippen LogP contribution in [0.15, 0.2) is 59.3 Å². The molecule has 0 saturated heterocycles. The standard InChI is InChI=1S/C24H27Si/c1-24(2,3)21-13-14-22(25(4)5)23(21)19-12-8-11-18-17-10-7-6-9-16(17)15-20(18)19/h6-13H,14-15H2,1-5H3. The van der Waals surface area contributed by atoms with Crippen molar-refractivity contribution in [1.82, 2.24) is 0 Å². The van der Waals surface area contributed by atoms with Crippen LogP contribution in [-0.2, 0) is 6.42 Å². The molecule has 0 N–H and O–H groups in total. The molecule has 0 amide bonds. The van der Waals surface area contributed by atoms with Crippen LogP contribution in [0.2, 0.25) is 13.1 Å². The fourth-order valence-corrected chi connectivity index (χ4v) is 5.68. The molecule has 0 heterocycles. The number of rotatable bonds is 2. The number of allylic oxidation sites excluding steroid dienone is 4. The molecule has 4 rings (SSSR count). The van der Waals surface area contributed by atoms with Gasteiger partial charge in [-0.1, -0.05) is 87.6 Å². The van der Waals surface area contributed by atoms with Crippen LogP contribution in [0.4, 0.5) is 0 Å². The zero-order valence-electron chi connectivity index (χ0n) is 16.0. The zero-order valence-corrected chi connectivity index (χ0v) is 17.0. The smallest absolute Gasteiger partial charge is 0.0749 e. The third kappa shape index (κ3) is 2.66. The molecule has 25 heavy (non-hydrogen) atoms. The van der Waals surface area contributed by atoms with E-state index in [0.717, 1.165) is 12.8 Å². The maximum Gasteiger partial charge on any atom is 0.0749 e. The van der Waals surface area contributed by atoms with Crippen molar-refractivity contribution < 1.29 is 0 Å². The molecule has 2 aliphatic rings. The van der Waals surface area contributed by atoms with Gasteiger partial charge in [-0.05, 0) is 57.2 Å². The van der Waals surface area contributed by atoms with Crippen LogP contribution < -0.4 is 0 Å². The van der Waals surface area contributed by atoms with E-state index >= 15 is 0 Å². The van der Waals surface area contributed by atoms with Gasteiger partial charge in [-0.2, -0.15) is 0 Å². The van der Waals surface area contributed by atoms with Gasteiger partial charge in [0.25, 0.3) is 0 Å². The predicted octanol–water partition coefficient (Wildman–Crippen LogP) is 6.68. The van der Waals surface area contributed by atoms with E-state index < -0.39 is 8.80 Å². The molecule has 0 spiro atoms. The van der Waals surface area contributed by atoms with Crippen LogP contribution in [0.25, 0.3) is 16.7 Å². The summed E-state index contributed by atoms with van der Waals surface area (Å²) in [4.78, 5) is 0. The lowest BCUT2D eigenvalue weighted by atomic mass is 9.80. The van der Waals surface area contributed by atoms with E-state index in [0.29, 0.717) is 0 Å². The van der Waals surface area contributed by atoms with Crippen molar-refractivity contribution in [3.05, 3.63) is 76.0 Å². The molecule has 2 aromatic carbocycles. The van der Waals surface area contributed by atoms with Crippen molar-refractivity contribution in [2.45, 2.75) is 46.7 Å². The Morgan fingerprint density at radius 3 is 2.24 bits per heavy atom. The second-order valence-electron chi connectivity index (χ2n) is 8.59. The summed E-state index contributed by atoms with van der Waals surface area (Å²) in [5, 5.41) is 1.71. The molecule has 2 aliphatic carbocycles.